The Morgan fingerprint density at radius 3 is 2.64 bits per heavy atom. The average Bonchev–Trinajstić information content (AvgIpc) is 3.28. The Labute approximate surface area is 142 Å². The molecule has 6 nitrogen and oxygen atoms in total. The first-order valence-electron chi connectivity index (χ1n) is 6.92. The van der Waals surface area contributed by atoms with Crippen LogP contribution in [0.2, 0.25) is 0 Å². The second kappa shape index (κ2) is 7.57. The van der Waals surface area contributed by atoms with Gasteiger partial charge in [-0.25, -0.2) is 4.79 Å². The fourth-order valence-electron chi connectivity index (χ4n) is 1.75. The number of carbonyl (C=O) groups excluding carboxylic acids is 3. The molecule has 1 aliphatic carbocycles. The smallest absolute Gasteiger partial charge is 0.339 e. The predicted molar refractivity (Wildman–Crippen MR) is 88.2 cm³/mol. The van der Waals surface area contributed by atoms with E-state index < -0.39 is 11.9 Å². The van der Waals surface area contributed by atoms with E-state index in [-0.39, 0.29) is 25.1 Å². The molecule has 0 heterocycles. The van der Waals surface area contributed by atoms with Crippen molar-refractivity contribution in [3.8, 4) is 0 Å². The number of hydrogen-bond acceptors (Lipinski definition) is 4. The molecule has 0 bridgehead atoms. The number of likely N-dealkylation sites (N-methyl/N-ethyl adjacent to an activating group) is 1. The molecule has 118 valence electrons. The van der Waals surface area contributed by atoms with Gasteiger partial charge in [-0.15, -0.1) is 0 Å². The molecule has 1 aromatic carbocycles. The fraction of sp³-hybridized carbons (Fsp3) is 0.400. The lowest BCUT2D eigenvalue weighted by molar-refractivity contribution is -0.137. The molecular weight excluding hydrogens is 399 g/mol. The number of benzene rings is 1. The molecule has 0 aromatic heterocycles. The minimum absolute atomic E-state index is 0.0320. The van der Waals surface area contributed by atoms with Gasteiger partial charge in [0.1, 0.15) is 0 Å². The highest BCUT2D eigenvalue weighted by molar-refractivity contribution is 14.1. The lowest BCUT2D eigenvalue weighted by atomic mass is 10.2. The van der Waals surface area contributed by atoms with Crippen LogP contribution in [0.1, 0.15) is 23.2 Å². The highest BCUT2D eigenvalue weighted by Gasteiger charge is 2.24. The number of ether oxygens (including phenoxy) is 1. The molecule has 1 fully saturated rings. The number of nitrogens with one attached hydrogen (secondary N) is 1. The van der Waals surface area contributed by atoms with Gasteiger partial charge in [-0.2, -0.15) is 0 Å². The summed E-state index contributed by atoms with van der Waals surface area (Å²) in [5.41, 5.74) is 0.421. The Kier molecular flexibility index (Phi) is 5.76. The van der Waals surface area contributed by atoms with Gasteiger partial charge in [0, 0.05) is 16.7 Å². The number of carbonyl (C=O) groups is 3. The van der Waals surface area contributed by atoms with Crippen LogP contribution >= 0.6 is 22.6 Å². The molecule has 2 rings (SSSR count). The van der Waals surface area contributed by atoms with Gasteiger partial charge in [-0.05, 0) is 47.6 Å². The van der Waals surface area contributed by atoms with Crippen LogP contribution in [-0.2, 0) is 14.3 Å². The summed E-state index contributed by atoms with van der Waals surface area (Å²) in [6, 6.07) is 7.23. The van der Waals surface area contributed by atoms with E-state index in [0.717, 1.165) is 16.4 Å². The Morgan fingerprint density at radius 2 is 2.00 bits per heavy atom. The summed E-state index contributed by atoms with van der Waals surface area (Å²) in [6.45, 7) is -0.410. The fourth-order valence-corrected chi connectivity index (χ4v) is 2.35. The van der Waals surface area contributed by atoms with Crippen molar-refractivity contribution < 1.29 is 19.1 Å². The summed E-state index contributed by atoms with van der Waals surface area (Å²) in [6.07, 6.45) is 1.99. The molecule has 22 heavy (non-hydrogen) atoms. The molecule has 0 spiro atoms. The van der Waals surface area contributed by atoms with Crippen LogP contribution in [0.5, 0.6) is 0 Å². The van der Waals surface area contributed by atoms with Crippen molar-refractivity contribution in [3.63, 3.8) is 0 Å². The second-order valence-corrected chi connectivity index (χ2v) is 6.31. The third-order valence-corrected chi connectivity index (χ3v) is 4.11. The van der Waals surface area contributed by atoms with Crippen LogP contribution in [0.4, 0.5) is 0 Å². The van der Waals surface area contributed by atoms with Gasteiger partial charge in [0.25, 0.3) is 5.91 Å². The van der Waals surface area contributed by atoms with E-state index in [9.17, 15) is 14.4 Å². The molecule has 1 aromatic rings. The van der Waals surface area contributed by atoms with Crippen molar-refractivity contribution in [2.75, 3.05) is 20.2 Å². The van der Waals surface area contributed by atoms with Gasteiger partial charge < -0.3 is 15.0 Å². The normalized spacial score (nSPS) is 13.4. The van der Waals surface area contributed by atoms with E-state index in [0.29, 0.717) is 5.56 Å². The van der Waals surface area contributed by atoms with Crippen molar-refractivity contribution in [1.82, 2.24) is 10.2 Å². The van der Waals surface area contributed by atoms with E-state index in [1.165, 1.54) is 11.9 Å². The summed E-state index contributed by atoms with van der Waals surface area (Å²) in [4.78, 5) is 36.6. The Morgan fingerprint density at radius 1 is 1.32 bits per heavy atom. The van der Waals surface area contributed by atoms with E-state index in [4.69, 9.17) is 4.74 Å². The molecule has 0 atom stereocenters. The summed E-state index contributed by atoms with van der Waals surface area (Å²) >= 11 is 2.03. The first kappa shape index (κ1) is 16.7. The number of esters is 1. The number of rotatable bonds is 6. The van der Waals surface area contributed by atoms with Crippen LogP contribution in [0.3, 0.4) is 0 Å². The van der Waals surface area contributed by atoms with Crippen LogP contribution < -0.4 is 5.32 Å². The zero-order chi connectivity index (χ0) is 16.1. The van der Waals surface area contributed by atoms with E-state index in [2.05, 4.69) is 5.32 Å². The maximum atomic E-state index is 11.9. The van der Waals surface area contributed by atoms with Crippen molar-refractivity contribution in [3.05, 3.63) is 33.4 Å². The maximum absolute atomic E-state index is 11.9. The maximum Gasteiger partial charge on any atom is 0.339 e. The van der Waals surface area contributed by atoms with Crippen molar-refractivity contribution >= 4 is 40.4 Å². The van der Waals surface area contributed by atoms with Crippen molar-refractivity contribution in [2.24, 2.45) is 0 Å². The Bertz CT molecular complexity index is 587. The van der Waals surface area contributed by atoms with E-state index in [1.807, 2.05) is 28.7 Å². The minimum atomic E-state index is -0.547. The first-order valence-corrected chi connectivity index (χ1v) is 8.00. The Balaban J connectivity index is 1.77. The number of halogens is 1. The summed E-state index contributed by atoms with van der Waals surface area (Å²) in [5, 5.41) is 2.80. The molecule has 2 amide bonds. The van der Waals surface area contributed by atoms with Gasteiger partial charge >= 0.3 is 5.97 Å². The number of amides is 2. The summed E-state index contributed by atoms with van der Waals surface area (Å²) in [7, 11) is 1.51. The number of nitrogens with zero attached hydrogens (tertiary/aromatic N) is 1. The third kappa shape index (κ3) is 4.97. The quantitative estimate of drug-likeness (QED) is 0.559. The zero-order valence-electron chi connectivity index (χ0n) is 12.2. The summed E-state index contributed by atoms with van der Waals surface area (Å²) < 4.78 is 5.76. The van der Waals surface area contributed by atoms with Crippen molar-refractivity contribution in [2.45, 2.75) is 18.9 Å². The molecular formula is C15H17IN2O4. The Hall–Kier alpha value is -1.64. The van der Waals surface area contributed by atoms with Gasteiger partial charge in [0.15, 0.2) is 6.61 Å². The minimum Gasteiger partial charge on any atom is -0.452 e. The second-order valence-electron chi connectivity index (χ2n) is 5.15. The number of hydrogen-bond donors (Lipinski definition) is 1. The molecule has 0 unspecified atom stereocenters. The van der Waals surface area contributed by atoms with Crippen LogP contribution in [0.15, 0.2) is 24.3 Å². The highest BCUT2D eigenvalue weighted by Crippen LogP contribution is 2.18. The topological polar surface area (TPSA) is 75.7 Å². The van der Waals surface area contributed by atoms with E-state index >= 15 is 0 Å². The van der Waals surface area contributed by atoms with Crippen LogP contribution in [-0.4, -0.2) is 48.9 Å². The van der Waals surface area contributed by atoms with Gasteiger partial charge in [-0.1, -0.05) is 12.1 Å². The molecule has 0 radical (unpaired) electrons. The first-order chi connectivity index (χ1) is 10.5. The van der Waals surface area contributed by atoms with Gasteiger partial charge in [0.05, 0.1) is 12.1 Å². The van der Waals surface area contributed by atoms with Crippen LogP contribution in [0.25, 0.3) is 0 Å². The molecule has 1 N–H and O–H groups in total. The van der Waals surface area contributed by atoms with Gasteiger partial charge in [0.2, 0.25) is 5.91 Å². The molecule has 0 aliphatic heterocycles. The van der Waals surface area contributed by atoms with Gasteiger partial charge in [-0.3, -0.25) is 9.59 Å². The SMILES string of the molecule is CN(CC(=O)NC1CC1)C(=O)COC(=O)c1ccccc1I. The average molecular weight is 416 g/mol. The van der Waals surface area contributed by atoms with E-state index in [1.54, 1.807) is 18.2 Å². The third-order valence-electron chi connectivity index (χ3n) is 3.17. The lowest BCUT2D eigenvalue weighted by Gasteiger charge is -2.16. The molecule has 1 saturated carbocycles. The lowest BCUT2D eigenvalue weighted by Crippen LogP contribution is -2.40. The molecule has 7 heteroatoms. The predicted octanol–water partition coefficient (Wildman–Crippen LogP) is 1.19. The largest absolute Gasteiger partial charge is 0.452 e. The summed E-state index contributed by atoms with van der Waals surface area (Å²) in [5.74, 6) is -1.15. The standard InChI is InChI=1S/C15H17IN2O4/c1-18(8-13(19)17-10-6-7-10)14(20)9-22-15(21)11-4-2-3-5-12(11)16/h2-5,10H,6-9H2,1H3,(H,17,19). The van der Waals surface area contributed by atoms with Crippen LogP contribution in [0, 0.1) is 3.57 Å². The molecule has 0 saturated heterocycles. The zero-order valence-corrected chi connectivity index (χ0v) is 14.3. The van der Waals surface area contributed by atoms with Crippen molar-refractivity contribution in [1.29, 1.82) is 0 Å². The molecule has 1 aliphatic rings. The highest BCUT2D eigenvalue weighted by atomic mass is 127. The monoisotopic (exact) mass is 416 g/mol.